The van der Waals surface area contributed by atoms with Gasteiger partial charge in [0.25, 0.3) is 0 Å². The molecule has 0 spiro atoms. The summed E-state index contributed by atoms with van der Waals surface area (Å²) < 4.78 is 10.4. The van der Waals surface area contributed by atoms with Crippen LogP contribution in [0.15, 0.2) is 0 Å². The SMILES string of the molecule is COC(=O)C(C)(CN1CCCOCC1)NC1CC1. The highest BCUT2D eigenvalue weighted by Crippen LogP contribution is 2.24. The third-order valence-corrected chi connectivity index (χ3v) is 3.59. The minimum absolute atomic E-state index is 0.167. The van der Waals surface area contributed by atoms with Crippen molar-refractivity contribution >= 4 is 5.97 Å². The highest BCUT2D eigenvalue weighted by Gasteiger charge is 2.40. The molecule has 1 saturated carbocycles. The van der Waals surface area contributed by atoms with Gasteiger partial charge in [-0.1, -0.05) is 0 Å². The second kappa shape index (κ2) is 5.99. The van der Waals surface area contributed by atoms with Gasteiger partial charge in [0.1, 0.15) is 5.54 Å². The van der Waals surface area contributed by atoms with Gasteiger partial charge in [0.15, 0.2) is 0 Å². The van der Waals surface area contributed by atoms with Crippen molar-refractivity contribution in [1.29, 1.82) is 0 Å². The third-order valence-electron chi connectivity index (χ3n) is 3.59. The van der Waals surface area contributed by atoms with E-state index in [1.165, 1.54) is 7.11 Å². The Hall–Kier alpha value is -0.650. The number of nitrogens with zero attached hydrogens (tertiary/aromatic N) is 1. The summed E-state index contributed by atoms with van der Waals surface area (Å²) in [7, 11) is 1.46. The molecule has 1 aliphatic heterocycles. The van der Waals surface area contributed by atoms with Crippen LogP contribution >= 0.6 is 0 Å². The molecule has 0 aromatic rings. The topological polar surface area (TPSA) is 50.8 Å². The molecule has 0 aromatic carbocycles. The van der Waals surface area contributed by atoms with E-state index in [-0.39, 0.29) is 5.97 Å². The summed E-state index contributed by atoms with van der Waals surface area (Å²) in [5, 5.41) is 3.43. The molecule has 104 valence electrons. The molecule has 0 bridgehead atoms. The van der Waals surface area contributed by atoms with Crippen LogP contribution in [-0.4, -0.2) is 62.4 Å². The lowest BCUT2D eigenvalue weighted by molar-refractivity contribution is -0.148. The summed E-state index contributed by atoms with van der Waals surface area (Å²) in [6, 6.07) is 0.484. The average molecular weight is 256 g/mol. The van der Waals surface area contributed by atoms with E-state index in [1.54, 1.807) is 0 Å². The predicted molar refractivity (Wildman–Crippen MR) is 68.5 cm³/mol. The Morgan fingerprint density at radius 2 is 2.22 bits per heavy atom. The molecule has 1 atom stereocenters. The monoisotopic (exact) mass is 256 g/mol. The van der Waals surface area contributed by atoms with Gasteiger partial charge in [-0.05, 0) is 26.2 Å². The van der Waals surface area contributed by atoms with Gasteiger partial charge < -0.3 is 9.47 Å². The highest BCUT2D eigenvalue weighted by atomic mass is 16.5. The van der Waals surface area contributed by atoms with Gasteiger partial charge in [-0.15, -0.1) is 0 Å². The maximum absolute atomic E-state index is 12.0. The standard InChI is InChI=1S/C13H24N2O3/c1-13(12(16)17-2,14-11-4-5-11)10-15-6-3-8-18-9-7-15/h11,14H,3-10H2,1-2H3. The van der Waals surface area contributed by atoms with Crippen LogP contribution in [0.4, 0.5) is 0 Å². The number of hydrogen-bond acceptors (Lipinski definition) is 5. The molecule has 2 fully saturated rings. The molecule has 18 heavy (non-hydrogen) atoms. The van der Waals surface area contributed by atoms with Crippen molar-refractivity contribution in [1.82, 2.24) is 10.2 Å². The molecule has 2 aliphatic rings. The number of hydrogen-bond donors (Lipinski definition) is 1. The molecule has 1 saturated heterocycles. The van der Waals surface area contributed by atoms with Crippen LogP contribution < -0.4 is 5.32 Å². The van der Waals surface area contributed by atoms with Gasteiger partial charge in [-0.2, -0.15) is 0 Å². The second-order valence-electron chi connectivity index (χ2n) is 5.48. The Morgan fingerprint density at radius 1 is 1.44 bits per heavy atom. The molecule has 1 aliphatic carbocycles. The molecule has 2 rings (SSSR count). The first kappa shape index (κ1) is 13.8. The Bertz CT molecular complexity index is 286. The Morgan fingerprint density at radius 3 is 2.89 bits per heavy atom. The zero-order valence-corrected chi connectivity index (χ0v) is 11.4. The average Bonchev–Trinajstić information content (AvgIpc) is 3.16. The summed E-state index contributed by atoms with van der Waals surface area (Å²) in [5.41, 5.74) is -0.597. The number of carbonyl (C=O) groups excluding carboxylic acids is 1. The van der Waals surface area contributed by atoms with Gasteiger partial charge in [0.2, 0.25) is 0 Å². The fourth-order valence-electron chi connectivity index (χ4n) is 2.48. The molecule has 1 N–H and O–H groups in total. The Labute approximate surface area is 109 Å². The summed E-state index contributed by atoms with van der Waals surface area (Å²) in [4.78, 5) is 14.3. The number of esters is 1. The van der Waals surface area contributed by atoms with Crippen molar-refractivity contribution in [2.75, 3.05) is 40.0 Å². The first-order chi connectivity index (χ1) is 8.64. The van der Waals surface area contributed by atoms with Gasteiger partial charge in [0, 0.05) is 32.3 Å². The van der Waals surface area contributed by atoms with E-state index in [9.17, 15) is 4.79 Å². The normalized spacial score (nSPS) is 25.2. The fraction of sp³-hybridized carbons (Fsp3) is 0.923. The van der Waals surface area contributed by atoms with Crippen molar-refractivity contribution in [3.8, 4) is 0 Å². The minimum Gasteiger partial charge on any atom is -0.468 e. The molecule has 5 nitrogen and oxygen atoms in total. The molecular weight excluding hydrogens is 232 g/mol. The summed E-state index contributed by atoms with van der Waals surface area (Å²) in [6.45, 7) is 6.09. The number of rotatable bonds is 5. The largest absolute Gasteiger partial charge is 0.468 e. The first-order valence-corrected chi connectivity index (χ1v) is 6.80. The van der Waals surface area contributed by atoms with Crippen molar-refractivity contribution in [2.24, 2.45) is 0 Å². The summed E-state index contributed by atoms with van der Waals surface area (Å²) in [5.74, 6) is -0.167. The van der Waals surface area contributed by atoms with Crippen molar-refractivity contribution in [3.05, 3.63) is 0 Å². The summed E-state index contributed by atoms with van der Waals surface area (Å²) in [6.07, 6.45) is 3.35. The maximum Gasteiger partial charge on any atom is 0.327 e. The first-order valence-electron chi connectivity index (χ1n) is 6.80. The van der Waals surface area contributed by atoms with Crippen molar-refractivity contribution in [2.45, 2.75) is 37.8 Å². The maximum atomic E-state index is 12.0. The zero-order chi connectivity index (χ0) is 13.0. The van der Waals surface area contributed by atoms with Crippen LogP contribution in [0.2, 0.25) is 0 Å². The Balaban J connectivity index is 1.96. The molecular formula is C13H24N2O3. The van der Waals surface area contributed by atoms with Gasteiger partial charge in [-0.25, -0.2) is 0 Å². The minimum atomic E-state index is -0.597. The third kappa shape index (κ3) is 3.67. The van der Waals surface area contributed by atoms with E-state index in [1.807, 2.05) is 6.92 Å². The molecule has 1 unspecified atom stereocenters. The van der Waals surface area contributed by atoms with E-state index in [2.05, 4.69) is 10.2 Å². The molecule has 0 amide bonds. The Kier molecular flexibility index (Phi) is 4.59. The predicted octanol–water partition coefficient (Wildman–Crippen LogP) is 0.392. The molecule has 1 heterocycles. The lowest BCUT2D eigenvalue weighted by Crippen LogP contribution is -2.58. The van der Waals surface area contributed by atoms with E-state index >= 15 is 0 Å². The number of carbonyl (C=O) groups is 1. The highest BCUT2D eigenvalue weighted by molar-refractivity contribution is 5.80. The molecule has 5 heteroatoms. The number of nitrogens with one attached hydrogen (secondary N) is 1. The van der Waals surface area contributed by atoms with E-state index in [0.29, 0.717) is 12.6 Å². The van der Waals surface area contributed by atoms with Gasteiger partial charge >= 0.3 is 5.97 Å². The van der Waals surface area contributed by atoms with Crippen LogP contribution in [-0.2, 0) is 14.3 Å². The van der Waals surface area contributed by atoms with Crippen LogP contribution in [0.1, 0.15) is 26.2 Å². The van der Waals surface area contributed by atoms with Crippen molar-refractivity contribution in [3.63, 3.8) is 0 Å². The quantitative estimate of drug-likeness (QED) is 0.721. The number of methoxy groups -OCH3 is 1. The molecule has 0 aromatic heterocycles. The fourth-order valence-corrected chi connectivity index (χ4v) is 2.48. The summed E-state index contributed by atoms with van der Waals surface area (Å²) >= 11 is 0. The zero-order valence-electron chi connectivity index (χ0n) is 11.4. The van der Waals surface area contributed by atoms with E-state index in [0.717, 1.165) is 45.6 Å². The molecule has 0 radical (unpaired) electrons. The van der Waals surface area contributed by atoms with Crippen LogP contribution in [0.25, 0.3) is 0 Å². The lowest BCUT2D eigenvalue weighted by Gasteiger charge is -2.33. The van der Waals surface area contributed by atoms with Crippen LogP contribution in [0.3, 0.4) is 0 Å². The van der Waals surface area contributed by atoms with Gasteiger partial charge in [0.05, 0.1) is 13.7 Å². The van der Waals surface area contributed by atoms with E-state index < -0.39 is 5.54 Å². The van der Waals surface area contributed by atoms with Crippen molar-refractivity contribution < 1.29 is 14.3 Å². The van der Waals surface area contributed by atoms with E-state index in [4.69, 9.17) is 9.47 Å². The van der Waals surface area contributed by atoms with Crippen LogP contribution in [0, 0.1) is 0 Å². The number of ether oxygens (including phenoxy) is 2. The van der Waals surface area contributed by atoms with Gasteiger partial charge in [-0.3, -0.25) is 15.0 Å². The smallest absolute Gasteiger partial charge is 0.327 e. The van der Waals surface area contributed by atoms with Crippen LogP contribution in [0.5, 0.6) is 0 Å². The second-order valence-corrected chi connectivity index (χ2v) is 5.48. The lowest BCUT2D eigenvalue weighted by atomic mass is 10.0.